The molecule has 2 aromatic carbocycles. The van der Waals surface area contributed by atoms with E-state index in [2.05, 4.69) is 19.4 Å². The maximum atomic E-state index is 12.7. The summed E-state index contributed by atoms with van der Waals surface area (Å²) in [6, 6.07) is 10.8. The average Bonchev–Trinajstić information content (AvgIpc) is 3.26. The molecule has 2 aliphatic rings. The van der Waals surface area contributed by atoms with Gasteiger partial charge in [0.2, 0.25) is 0 Å². The van der Waals surface area contributed by atoms with E-state index in [0.717, 1.165) is 12.8 Å². The fourth-order valence-electron chi connectivity index (χ4n) is 4.03. The number of hydrogen-bond acceptors (Lipinski definition) is 5. The van der Waals surface area contributed by atoms with Crippen molar-refractivity contribution in [2.75, 3.05) is 0 Å². The average molecular weight is 538 g/mol. The van der Waals surface area contributed by atoms with Crippen molar-refractivity contribution in [1.82, 2.24) is 19.9 Å². The first-order chi connectivity index (χ1) is 14.0. The zero-order valence-electron chi connectivity index (χ0n) is 16.6. The third kappa shape index (κ3) is 3.83. The van der Waals surface area contributed by atoms with Crippen LogP contribution in [0, 0.1) is 0 Å². The van der Waals surface area contributed by atoms with Gasteiger partial charge in [0.15, 0.2) is 0 Å². The van der Waals surface area contributed by atoms with E-state index in [4.69, 9.17) is 0 Å². The second-order valence-electron chi connectivity index (χ2n) is 7.34. The standard InChI is InChI=1S/C21H18N4O3P.Cs/c26-19-12(11-24-20(27)14-5-1-2-6-15(14)21(24)28)9-13(29)10-18(19)25-22-16-7-3-4-8-17(16)23-25;/h3-4,7-10,26,29H,1-2,5-6,11H2;/q-1;+1. The molecule has 7 nitrogen and oxygen atoms in total. The SMILES string of the molecule is O=C1C2=C(CCCC2)C(=O)N1Cc1cc([PH-])cc(-n2nc3ccccc3n2)c1O.[Cs+]. The van der Waals surface area contributed by atoms with Crippen LogP contribution in [0.15, 0.2) is 47.5 Å². The Balaban J connectivity index is 0.00000218. The van der Waals surface area contributed by atoms with Gasteiger partial charge in [-0.3, -0.25) is 14.5 Å². The van der Waals surface area contributed by atoms with E-state index < -0.39 is 0 Å². The molecule has 1 N–H and O–H groups in total. The third-order valence-electron chi connectivity index (χ3n) is 5.47. The van der Waals surface area contributed by atoms with E-state index >= 15 is 0 Å². The molecule has 1 aliphatic heterocycles. The van der Waals surface area contributed by atoms with Crippen molar-refractivity contribution >= 4 is 37.4 Å². The predicted molar refractivity (Wildman–Crippen MR) is 110 cm³/mol. The monoisotopic (exact) mass is 538 g/mol. The fraction of sp³-hybridized carbons (Fsp3) is 0.238. The molecule has 0 bridgehead atoms. The largest absolute Gasteiger partial charge is 1.00 e. The molecular weight excluding hydrogens is 520 g/mol. The molecular formula is C21H18CsN4O3P. The van der Waals surface area contributed by atoms with Crippen LogP contribution in [0.2, 0.25) is 0 Å². The minimum Gasteiger partial charge on any atom is -0.525 e. The molecule has 2 heterocycles. The maximum absolute atomic E-state index is 12.7. The van der Waals surface area contributed by atoms with Crippen LogP contribution in [0.5, 0.6) is 5.75 Å². The quantitative estimate of drug-likeness (QED) is 0.364. The predicted octanol–water partition coefficient (Wildman–Crippen LogP) is -0.362. The van der Waals surface area contributed by atoms with E-state index in [0.29, 0.717) is 51.6 Å². The van der Waals surface area contributed by atoms with Gasteiger partial charge in [-0.05, 0) is 37.8 Å². The van der Waals surface area contributed by atoms with Crippen LogP contribution >= 0.6 is 9.24 Å². The van der Waals surface area contributed by atoms with Gasteiger partial charge in [0, 0.05) is 16.7 Å². The van der Waals surface area contributed by atoms with E-state index in [9.17, 15) is 14.7 Å². The van der Waals surface area contributed by atoms with Gasteiger partial charge in [0.1, 0.15) is 22.5 Å². The van der Waals surface area contributed by atoms with Gasteiger partial charge in [0.05, 0.1) is 6.54 Å². The number of rotatable bonds is 3. The number of benzene rings is 2. The van der Waals surface area contributed by atoms with Crippen LogP contribution in [0.25, 0.3) is 16.7 Å². The first-order valence-electron chi connectivity index (χ1n) is 9.51. The molecule has 0 fully saturated rings. The second kappa shape index (κ2) is 8.86. The number of aromatic hydroxyl groups is 1. The third-order valence-corrected chi connectivity index (χ3v) is 5.76. The Hall–Kier alpha value is -0.998. The first kappa shape index (κ1) is 22.2. The summed E-state index contributed by atoms with van der Waals surface area (Å²) >= 11 is 0. The molecule has 9 heteroatoms. The summed E-state index contributed by atoms with van der Waals surface area (Å²) in [5.74, 6) is -0.543. The van der Waals surface area contributed by atoms with E-state index in [1.165, 1.54) is 9.70 Å². The van der Waals surface area contributed by atoms with Crippen LogP contribution < -0.4 is 74.2 Å². The van der Waals surface area contributed by atoms with Crippen molar-refractivity contribution in [3.05, 3.63) is 53.1 Å². The van der Waals surface area contributed by atoms with Crippen LogP contribution in [0.4, 0.5) is 0 Å². The minimum atomic E-state index is -0.243. The van der Waals surface area contributed by atoms with Crippen molar-refractivity contribution in [2.24, 2.45) is 0 Å². The topological polar surface area (TPSA) is 88.3 Å². The van der Waals surface area contributed by atoms with E-state index in [-0.39, 0.29) is 93.0 Å². The molecule has 0 atom stereocenters. The summed E-state index contributed by atoms with van der Waals surface area (Å²) < 4.78 is 0. The first-order valence-corrected chi connectivity index (χ1v) is 10.0. The number of nitrogens with zero attached hydrogens (tertiary/aromatic N) is 4. The van der Waals surface area contributed by atoms with Crippen LogP contribution in [-0.2, 0) is 16.1 Å². The van der Waals surface area contributed by atoms with Gasteiger partial charge < -0.3 is 14.3 Å². The summed E-state index contributed by atoms with van der Waals surface area (Å²) in [5, 5.41) is 20.4. The Morgan fingerprint density at radius 3 is 2.10 bits per heavy atom. The number of phenolic OH excluding ortho intramolecular Hbond substituents is 1. The second-order valence-corrected chi connectivity index (χ2v) is 7.92. The molecule has 5 rings (SSSR count). The molecule has 0 unspecified atom stereocenters. The molecule has 2 amide bonds. The Kier molecular flexibility index (Phi) is 6.56. The van der Waals surface area contributed by atoms with Crippen LogP contribution in [0.1, 0.15) is 31.2 Å². The van der Waals surface area contributed by atoms with Crippen molar-refractivity contribution in [2.45, 2.75) is 32.2 Å². The molecule has 146 valence electrons. The number of carbonyl (C=O) groups is 2. The molecule has 30 heavy (non-hydrogen) atoms. The Morgan fingerprint density at radius 1 is 0.967 bits per heavy atom. The van der Waals surface area contributed by atoms with Gasteiger partial charge in [0.25, 0.3) is 11.8 Å². The number of aromatic nitrogens is 3. The number of phenols is 1. The summed E-state index contributed by atoms with van der Waals surface area (Å²) in [5.41, 5.74) is 3.51. The summed E-state index contributed by atoms with van der Waals surface area (Å²) in [6.45, 7) is 0.00259. The van der Waals surface area contributed by atoms with Gasteiger partial charge in [-0.1, -0.05) is 24.3 Å². The van der Waals surface area contributed by atoms with E-state index in [1.54, 1.807) is 12.1 Å². The molecule has 0 radical (unpaired) electrons. The van der Waals surface area contributed by atoms with Crippen molar-refractivity contribution in [3.8, 4) is 11.4 Å². The van der Waals surface area contributed by atoms with E-state index in [1.807, 2.05) is 24.3 Å². The molecule has 1 aliphatic carbocycles. The van der Waals surface area contributed by atoms with Crippen molar-refractivity contribution in [3.63, 3.8) is 0 Å². The maximum Gasteiger partial charge on any atom is 1.00 e. The Bertz CT molecular complexity index is 1160. The molecule has 1 aromatic heterocycles. The minimum absolute atomic E-state index is 0. The zero-order valence-corrected chi connectivity index (χ0v) is 23.8. The summed E-state index contributed by atoms with van der Waals surface area (Å²) in [4.78, 5) is 28.1. The fourth-order valence-corrected chi connectivity index (χ4v) is 4.34. The number of fused-ring (bicyclic) bond motifs is 1. The zero-order chi connectivity index (χ0) is 20.1. The number of imide groups is 1. The van der Waals surface area contributed by atoms with Gasteiger partial charge in [-0.2, -0.15) is 0 Å². The number of hydrogen-bond donors (Lipinski definition) is 1. The Labute approximate surface area is 234 Å². The van der Waals surface area contributed by atoms with Gasteiger partial charge in [-0.25, -0.2) is 5.30 Å². The van der Waals surface area contributed by atoms with Crippen LogP contribution in [0.3, 0.4) is 0 Å². The normalized spacial score (nSPS) is 16.2. The number of carbonyl (C=O) groups excluding carboxylic acids is 2. The van der Waals surface area contributed by atoms with Crippen molar-refractivity contribution in [1.29, 1.82) is 0 Å². The molecule has 0 spiro atoms. The van der Waals surface area contributed by atoms with Gasteiger partial charge >= 0.3 is 68.9 Å². The summed E-state index contributed by atoms with van der Waals surface area (Å²) in [7, 11) is 3.51. The molecule has 0 saturated heterocycles. The molecule has 0 saturated carbocycles. The van der Waals surface area contributed by atoms with Crippen LogP contribution in [-0.4, -0.2) is 36.8 Å². The molecule has 3 aromatic rings. The summed E-state index contributed by atoms with van der Waals surface area (Å²) in [6.07, 6.45) is 3.15. The smallest absolute Gasteiger partial charge is 0.525 e. The van der Waals surface area contributed by atoms with Gasteiger partial charge in [-0.15, -0.1) is 15.0 Å². The Morgan fingerprint density at radius 2 is 1.53 bits per heavy atom. The number of amides is 2. The van der Waals surface area contributed by atoms with Crippen molar-refractivity contribution < 1.29 is 83.6 Å².